The zero-order chi connectivity index (χ0) is 19.3. The fraction of sp³-hybridized carbons (Fsp3) is 0.381. The summed E-state index contributed by atoms with van der Waals surface area (Å²) in [5.74, 6) is 0.866. The highest BCUT2D eigenvalue weighted by atomic mass is 32.1. The number of thiazole rings is 1. The van der Waals surface area contributed by atoms with Crippen LogP contribution in [0.15, 0.2) is 59.6 Å². The summed E-state index contributed by atoms with van der Waals surface area (Å²) < 4.78 is 0. The number of benzene rings is 1. The van der Waals surface area contributed by atoms with Gasteiger partial charge in [-0.15, -0.1) is 11.3 Å². The maximum absolute atomic E-state index is 4.37. The van der Waals surface area contributed by atoms with Crippen LogP contribution in [0.5, 0.6) is 0 Å². The number of aromatic nitrogens is 3. The van der Waals surface area contributed by atoms with E-state index >= 15 is 0 Å². The minimum absolute atomic E-state index is 0.859. The van der Waals surface area contributed by atoms with E-state index in [9.17, 15) is 0 Å². The number of hydrogen-bond donors (Lipinski definition) is 0. The van der Waals surface area contributed by atoms with E-state index in [2.05, 4.69) is 15.0 Å². The number of nitrogens with zero attached hydrogens (tertiary/aromatic N) is 3. The lowest BCUT2D eigenvalue weighted by Gasteiger charge is -1.97. The molecule has 0 amide bonds. The summed E-state index contributed by atoms with van der Waals surface area (Å²) in [6.07, 6.45) is 2.64. The van der Waals surface area contributed by atoms with Gasteiger partial charge in [0.05, 0.1) is 16.9 Å². The molecule has 0 saturated carbocycles. The molecule has 0 aliphatic heterocycles. The van der Waals surface area contributed by atoms with Crippen LogP contribution in [0.4, 0.5) is 0 Å². The molecule has 0 saturated heterocycles. The molecule has 0 aliphatic carbocycles. The van der Waals surface area contributed by atoms with Crippen LogP contribution < -0.4 is 0 Å². The van der Waals surface area contributed by atoms with Crippen LogP contribution in [0.25, 0.3) is 11.4 Å². The SMILES string of the molecule is CC.CC.CC.CCc1nccc(-c2cscn2)n1.c1ccccc1. The second kappa shape index (κ2) is 20.0. The molecule has 0 N–H and O–H groups in total. The normalized spacial score (nSPS) is 7.96. The van der Waals surface area contributed by atoms with Crippen molar-refractivity contribution in [2.24, 2.45) is 0 Å². The Morgan fingerprint density at radius 1 is 0.760 bits per heavy atom. The van der Waals surface area contributed by atoms with Crippen molar-refractivity contribution in [3.8, 4) is 11.4 Å². The fourth-order valence-electron chi connectivity index (χ4n) is 1.44. The van der Waals surface area contributed by atoms with Gasteiger partial charge in [0.15, 0.2) is 0 Å². The largest absolute Gasteiger partial charge is 0.243 e. The summed E-state index contributed by atoms with van der Waals surface area (Å²) in [5, 5.41) is 1.99. The topological polar surface area (TPSA) is 38.7 Å². The molecular weight excluding hydrogens is 326 g/mol. The zero-order valence-corrected chi connectivity index (χ0v) is 17.5. The number of hydrogen-bond acceptors (Lipinski definition) is 4. The molecule has 2 heterocycles. The first kappa shape index (κ1) is 25.2. The second-order valence-electron chi connectivity index (χ2n) is 3.74. The summed E-state index contributed by atoms with van der Waals surface area (Å²) in [5.41, 5.74) is 3.65. The minimum Gasteiger partial charge on any atom is -0.243 e. The predicted octanol–water partition coefficient (Wildman–Crippen LogP) is 6.93. The first-order chi connectivity index (χ1) is 12.4. The van der Waals surface area contributed by atoms with E-state index in [-0.39, 0.29) is 0 Å². The van der Waals surface area contributed by atoms with Crippen molar-refractivity contribution in [1.29, 1.82) is 0 Å². The van der Waals surface area contributed by atoms with Crippen molar-refractivity contribution in [3.05, 3.63) is 65.4 Å². The van der Waals surface area contributed by atoms with Gasteiger partial charge in [0.25, 0.3) is 0 Å². The number of rotatable bonds is 2. The van der Waals surface area contributed by atoms with Crippen molar-refractivity contribution >= 4 is 11.3 Å². The first-order valence-electron chi connectivity index (χ1n) is 9.10. The Morgan fingerprint density at radius 3 is 1.68 bits per heavy atom. The molecule has 3 aromatic rings. The van der Waals surface area contributed by atoms with E-state index < -0.39 is 0 Å². The molecule has 0 aliphatic rings. The Labute approximate surface area is 158 Å². The van der Waals surface area contributed by atoms with Gasteiger partial charge >= 0.3 is 0 Å². The highest BCUT2D eigenvalue weighted by Crippen LogP contribution is 2.15. The lowest BCUT2D eigenvalue weighted by atomic mass is 10.3. The fourth-order valence-corrected chi connectivity index (χ4v) is 1.98. The maximum Gasteiger partial charge on any atom is 0.128 e. The molecule has 4 heteroatoms. The van der Waals surface area contributed by atoms with Gasteiger partial charge in [-0.05, 0) is 6.07 Å². The van der Waals surface area contributed by atoms with Crippen molar-refractivity contribution in [2.75, 3.05) is 0 Å². The van der Waals surface area contributed by atoms with Gasteiger partial charge < -0.3 is 0 Å². The third-order valence-corrected chi connectivity index (χ3v) is 2.97. The maximum atomic E-state index is 4.37. The first-order valence-corrected chi connectivity index (χ1v) is 10.0. The van der Waals surface area contributed by atoms with Crippen LogP contribution >= 0.6 is 11.3 Å². The summed E-state index contributed by atoms with van der Waals surface area (Å²) in [4.78, 5) is 12.7. The lowest BCUT2D eigenvalue weighted by Crippen LogP contribution is -1.93. The van der Waals surface area contributed by atoms with Crippen molar-refractivity contribution in [1.82, 2.24) is 15.0 Å². The van der Waals surface area contributed by atoms with E-state index in [0.717, 1.165) is 23.6 Å². The van der Waals surface area contributed by atoms with Gasteiger partial charge in [0, 0.05) is 18.0 Å². The second-order valence-corrected chi connectivity index (χ2v) is 4.46. The molecule has 3 rings (SSSR count). The molecule has 2 aromatic heterocycles. The van der Waals surface area contributed by atoms with E-state index in [1.54, 1.807) is 17.5 Å². The van der Waals surface area contributed by atoms with E-state index in [1.807, 2.05) is 102 Å². The molecule has 0 atom stereocenters. The third-order valence-electron chi connectivity index (χ3n) is 2.38. The van der Waals surface area contributed by atoms with Crippen LogP contribution in [0, 0.1) is 0 Å². The van der Waals surface area contributed by atoms with Crippen LogP contribution in [0.3, 0.4) is 0 Å². The molecule has 1 aromatic carbocycles. The Kier molecular flexibility index (Phi) is 20.1. The molecule has 3 nitrogen and oxygen atoms in total. The van der Waals surface area contributed by atoms with Gasteiger partial charge in [-0.25, -0.2) is 15.0 Å². The van der Waals surface area contributed by atoms with Crippen molar-refractivity contribution in [2.45, 2.75) is 54.9 Å². The number of aryl methyl sites for hydroxylation is 1. The Bertz CT molecular complexity index is 554. The van der Waals surface area contributed by atoms with E-state index in [0.29, 0.717) is 0 Å². The van der Waals surface area contributed by atoms with Crippen molar-refractivity contribution < 1.29 is 0 Å². The lowest BCUT2D eigenvalue weighted by molar-refractivity contribution is 0.941. The summed E-state index contributed by atoms with van der Waals surface area (Å²) in [6, 6.07) is 13.9. The van der Waals surface area contributed by atoms with Crippen LogP contribution in [-0.4, -0.2) is 15.0 Å². The highest BCUT2D eigenvalue weighted by molar-refractivity contribution is 7.07. The molecular formula is C21H33N3S. The van der Waals surface area contributed by atoms with Gasteiger partial charge in [-0.1, -0.05) is 84.9 Å². The molecule has 0 bridgehead atoms. The van der Waals surface area contributed by atoms with E-state index in [1.165, 1.54) is 0 Å². The molecule has 0 spiro atoms. The quantitative estimate of drug-likeness (QED) is 0.498. The van der Waals surface area contributed by atoms with Gasteiger partial charge in [-0.2, -0.15) is 0 Å². The van der Waals surface area contributed by atoms with Gasteiger partial charge in [0.2, 0.25) is 0 Å². The van der Waals surface area contributed by atoms with Gasteiger partial charge in [0.1, 0.15) is 5.82 Å². The van der Waals surface area contributed by atoms with Crippen molar-refractivity contribution in [3.63, 3.8) is 0 Å². The van der Waals surface area contributed by atoms with Crippen LogP contribution in [-0.2, 0) is 6.42 Å². The molecule has 0 unspecified atom stereocenters. The summed E-state index contributed by atoms with van der Waals surface area (Å²) >= 11 is 1.58. The average Bonchev–Trinajstić information content (AvgIpc) is 3.29. The summed E-state index contributed by atoms with van der Waals surface area (Å²) in [6.45, 7) is 14.0. The monoisotopic (exact) mass is 359 g/mol. The van der Waals surface area contributed by atoms with E-state index in [4.69, 9.17) is 0 Å². The Morgan fingerprint density at radius 2 is 1.28 bits per heavy atom. The predicted molar refractivity (Wildman–Crippen MR) is 113 cm³/mol. The third kappa shape index (κ3) is 12.0. The van der Waals surface area contributed by atoms with Gasteiger partial charge in [-0.3, -0.25) is 0 Å². The Balaban J connectivity index is 0. The smallest absolute Gasteiger partial charge is 0.128 e. The Hall–Kier alpha value is -2.07. The highest BCUT2D eigenvalue weighted by Gasteiger charge is 2.01. The molecule has 25 heavy (non-hydrogen) atoms. The average molecular weight is 360 g/mol. The zero-order valence-electron chi connectivity index (χ0n) is 16.7. The molecule has 0 fully saturated rings. The minimum atomic E-state index is 0.859. The van der Waals surface area contributed by atoms with Crippen LogP contribution in [0.2, 0.25) is 0 Å². The molecule has 0 radical (unpaired) electrons. The standard InChI is InChI=1S/C9H9N3S.C6H6.3C2H6/c1-2-9-10-4-3-7(12-9)8-5-13-6-11-8;1-2-4-6-5-3-1;3*1-2/h3-6H,2H2,1H3;1-6H;3*1-2H3. The van der Waals surface area contributed by atoms with Crippen LogP contribution in [0.1, 0.15) is 54.3 Å². The summed E-state index contributed by atoms with van der Waals surface area (Å²) in [7, 11) is 0. The molecule has 138 valence electrons.